The molecule has 0 bridgehead atoms. The van der Waals surface area contributed by atoms with Gasteiger partial charge in [-0.1, -0.05) is 30.1 Å². The van der Waals surface area contributed by atoms with Crippen molar-refractivity contribution >= 4 is 29.1 Å². The van der Waals surface area contributed by atoms with Gasteiger partial charge in [-0.25, -0.2) is 0 Å². The minimum atomic E-state index is -0.496. The maximum absolute atomic E-state index is 12.5. The third-order valence-electron chi connectivity index (χ3n) is 3.48. The molecule has 3 nitrogen and oxygen atoms in total. The Balaban J connectivity index is 2.07. The minimum Gasteiger partial charge on any atom is -0.479 e. The molecule has 1 aromatic carbocycles. The van der Waals surface area contributed by atoms with Crippen molar-refractivity contribution in [2.75, 3.05) is 13.1 Å². The van der Waals surface area contributed by atoms with Gasteiger partial charge in [0.15, 0.2) is 6.10 Å². The fraction of sp³-hybridized carbons (Fsp3) is 0.533. The maximum atomic E-state index is 12.5. The number of benzene rings is 1. The number of carbonyl (C=O) groups excluding carboxylic acids is 1. The summed E-state index contributed by atoms with van der Waals surface area (Å²) in [5.41, 5.74) is 0. The normalized spacial score (nSPS) is 16.9. The number of ether oxygens (including phenoxy) is 1. The second-order valence-corrected chi connectivity index (χ2v) is 5.82. The number of likely N-dealkylation sites (tertiary alicyclic amines) is 1. The zero-order valence-corrected chi connectivity index (χ0v) is 13.1. The number of amides is 1. The average Bonchev–Trinajstić information content (AvgIpc) is 2.48. The van der Waals surface area contributed by atoms with E-state index in [0.29, 0.717) is 22.2 Å². The summed E-state index contributed by atoms with van der Waals surface area (Å²) in [7, 11) is 0. The highest BCUT2D eigenvalue weighted by molar-refractivity contribution is 6.34. The van der Waals surface area contributed by atoms with E-state index >= 15 is 0 Å². The van der Waals surface area contributed by atoms with Crippen molar-refractivity contribution in [1.82, 2.24) is 4.90 Å². The molecule has 1 aliphatic heterocycles. The summed E-state index contributed by atoms with van der Waals surface area (Å²) in [5.74, 6) is 0.514. The minimum absolute atomic E-state index is 0.0447. The van der Waals surface area contributed by atoms with E-state index in [1.54, 1.807) is 18.2 Å². The zero-order chi connectivity index (χ0) is 14.5. The number of hydrogen-bond acceptors (Lipinski definition) is 2. The van der Waals surface area contributed by atoms with Gasteiger partial charge in [-0.15, -0.1) is 0 Å². The topological polar surface area (TPSA) is 29.5 Å². The molecule has 1 amide bonds. The fourth-order valence-corrected chi connectivity index (χ4v) is 2.67. The van der Waals surface area contributed by atoms with Crippen molar-refractivity contribution in [1.29, 1.82) is 0 Å². The van der Waals surface area contributed by atoms with Gasteiger partial charge in [-0.2, -0.15) is 0 Å². The second-order valence-electron chi connectivity index (χ2n) is 4.98. The first kappa shape index (κ1) is 15.5. The molecule has 1 aromatic rings. The van der Waals surface area contributed by atoms with Gasteiger partial charge < -0.3 is 9.64 Å². The highest BCUT2D eigenvalue weighted by atomic mass is 35.5. The summed E-state index contributed by atoms with van der Waals surface area (Å²) in [6, 6.07) is 5.03. The number of piperidine rings is 1. The molecule has 0 aliphatic carbocycles. The van der Waals surface area contributed by atoms with Crippen LogP contribution in [-0.4, -0.2) is 30.0 Å². The van der Waals surface area contributed by atoms with Gasteiger partial charge in [-0.05, 0) is 37.8 Å². The van der Waals surface area contributed by atoms with Gasteiger partial charge in [0.2, 0.25) is 0 Å². The van der Waals surface area contributed by atoms with Crippen LogP contribution in [0.4, 0.5) is 0 Å². The Morgan fingerprint density at radius 3 is 2.65 bits per heavy atom. The van der Waals surface area contributed by atoms with Crippen molar-refractivity contribution in [3.05, 3.63) is 28.2 Å². The lowest BCUT2D eigenvalue weighted by atomic mass is 10.1. The van der Waals surface area contributed by atoms with E-state index in [1.165, 1.54) is 6.42 Å². The van der Waals surface area contributed by atoms with E-state index in [1.807, 2.05) is 11.8 Å². The van der Waals surface area contributed by atoms with E-state index < -0.39 is 6.10 Å². The summed E-state index contributed by atoms with van der Waals surface area (Å²) in [6.45, 7) is 3.58. The second kappa shape index (κ2) is 7.19. The lowest BCUT2D eigenvalue weighted by molar-refractivity contribution is -0.139. The molecule has 20 heavy (non-hydrogen) atoms. The van der Waals surface area contributed by atoms with Gasteiger partial charge >= 0.3 is 0 Å². The van der Waals surface area contributed by atoms with Crippen LogP contribution < -0.4 is 4.74 Å². The third-order valence-corrected chi connectivity index (χ3v) is 4.02. The van der Waals surface area contributed by atoms with Crippen LogP contribution in [0, 0.1) is 0 Å². The summed E-state index contributed by atoms with van der Waals surface area (Å²) < 4.78 is 5.78. The van der Waals surface area contributed by atoms with Crippen LogP contribution in [0.5, 0.6) is 5.75 Å². The van der Waals surface area contributed by atoms with Crippen LogP contribution in [0.15, 0.2) is 18.2 Å². The quantitative estimate of drug-likeness (QED) is 0.834. The summed E-state index contributed by atoms with van der Waals surface area (Å²) in [6.07, 6.45) is 3.45. The van der Waals surface area contributed by atoms with Crippen molar-refractivity contribution in [2.24, 2.45) is 0 Å². The number of hydrogen-bond donors (Lipinski definition) is 0. The van der Waals surface area contributed by atoms with E-state index in [9.17, 15) is 4.79 Å². The van der Waals surface area contributed by atoms with E-state index in [4.69, 9.17) is 27.9 Å². The first-order chi connectivity index (χ1) is 9.61. The van der Waals surface area contributed by atoms with Crippen molar-refractivity contribution in [2.45, 2.75) is 38.7 Å². The summed E-state index contributed by atoms with van der Waals surface area (Å²) in [4.78, 5) is 14.3. The van der Waals surface area contributed by atoms with E-state index in [-0.39, 0.29) is 5.91 Å². The Kier molecular flexibility index (Phi) is 5.55. The molecule has 1 aliphatic rings. The average molecular weight is 316 g/mol. The molecule has 2 rings (SSSR count). The SMILES string of the molecule is CC[C@@H](Oc1cc(Cl)ccc1Cl)C(=O)N1CCCCC1. The predicted molar refractivity (Wildman–Crippen MR) is 81.6 cm³/mol. The van der Waals surface area contributed by atoms with Crippen molar-refractivity contribution < 1.29 is 9.53 Å². The molecular formula is C15H19Cl2NO2. The van der Waals surface area contributed by atoms with Gasteiger partial charge in [0, 0.05) is 24.2 Å². The first-order valence-corrected chi connectivity index (χ1v) is 7.78. The molecule has 1 saturated heterocycles. The molecule has 1 atom stereocenters. The molecule has 5 heteroatoms. The Morgan fingerprint density at radius 1 is 1.30 bits per heavy atom. The Hall–Kier alpha value is -0.930. The zero-order valence-electron chi connectivity index (χ0n) is 11.6. The number of rotatable bonds is 4. The molecule has 1 heterocycles. The lowest BCUT2D eigenvalue weighted by Crippen LogP contribution is -2.44. The first-order valence-electron chi connectivity index (χ1n) is 7.02. The standard InChI is InChI=1S/C15H19Cl2NO2/c1-2-13(15(19)18-8-4-3-5-9-18)20-14-10-11(16)6-7-12(14)17/h6-7,10,13H,2-5,8-9H2,1H3/t13-/m1/s1. The Morgan fingerprint density at radius 2 is 2.00 bits per heavy atom. The van der Waals surface area contributed by atoms with Crippen molar-refractivity contribution in [3.8, 4) is 5.75 Å². The molecule has 0 aromatic heterocycles. The van der Waals surface area contributed by atoms with Crippen LogP contribution in [-0.2, 0) is 4.79 Å². The smallest absolute Gasteiger partial charge is 0.263 e. The van der Waals surface area contributed by atoms with Gasteiger partial charge in [0.05, 0.1) is 5.02 Å². The van der Waals surface area contributed by atoms with Crippen LogP contribution in [0.25, 0.3) is 0 Å². The molecular weight excluding hydrogens is 297 g/mol. The van der Waals surface area contributed by atoms with E-state index in [2.05, 4.69) is 0 Å². The van der Waals surface area contributed by atoms with Crippen LogP contribution in [0.2, 0.25) is 10.0 Å². The van der Waals surface area contributed by atoms with Gasteiger partial charge in [0.1, 0.15) is 5.75 Å². The lowest BCUT2D eigenvalue weighted by Gasteiger charge is -2.30. The molecule has 0 N–H and O–H groups in total. The van der Waals surface area contributed by atoms with E-state index in [0.717, 1.165) is 25.9 Å². The van der Waals surface area contributed by atoms with Gasteiger partial charge in [-0.3, -0.25) is 4.79 Å². The molecule has 110 valence electrons. The van der Waals surface area contributed by atoms with Gasteiger partial charge in [0.25, 0.3) is 5.91 Å². The van der Waals surface area contributed by atoms with Crippen molar-refractivity contribution in [3.63, 3.8) is 0 Å². The highest BCUT2D eigenvalue weighted by Crippen LogP contribution is 2.29. The Labute approximate surface area is 129 Å². The molecule has 0 saturated carbocycles. The molecule has 0 radical (unpaired) electrons. The molecule has 0 spiro atoms. The predicted octanol–water partition coefficient (Wildman–Crippen LogP) is 4.16. The number of carbonyl (C=O) groups is 1. The third kappa shape index (κ3) is 3.80. The maximum Gasteiger partial charge on any atom is 0.263 e. The molecule has 1 fully saturated rings. The largest absolute Gasteiger partial charge is 0.479 e. The monoisotopic (exact) mass is 315 g/mol. The van der Waals surface area contributed by atoms with Crippen LogP contribution in [0.3, 0.4) is 0 Å². The van der Waals surface area contributed by atoms with Crippen LogP contribution >= 0.6 is 23.2 Å². The summed E-state index contributed by atoms with van der Waals surface area (Å²) in [5, 5.41) is 1.02. The summed E-state index contributed by atoms with van der Waals surface area (Å²) >= 11 is 12.0. The number of nitrogens with zero attached hydrogens (tertiary/aromatic N) is 1. The molecule has 0 unspecified atom stereocenters. The fourth-order valence-electron chi connectivity index (χ4n) is 2.35. The number of halogens is 2. The Bertz CT molecular complexity index is 473. The highest BCUT2D eigenvalue weighted by Gasteiger charge is 2.26. The van der Waals surface area contributed by atoms with Crippen LogP contribution in [0.1, 0.15) is 32.6 Å².